The number of nitrogens with two attached hydrogens (primary N) is 1. The lowest BCUT2D eigenvalue weighted by molar-refractivity contribution is 0.555. The van der Waals surface area contributed by atoms with Crippen molar-refractivity contribution in [3.05, 3.63) is 35.4 Å². The van der Waals surface area contributed by atoms with Crippen molar-refractivity contribution < 1.29 is 0 Å². The topological polar surface area (TPSA) is 38.0 Å². The van der Waals surface area contributed by atoms with E-state index < -0.39 is 0 Å². The minimum absolute atomic E-state index is 0. The Bertz CT molecular complexity index is 266. The van der Waals surface area contributed by atoms with E-state index in [9.17, 15) is 0 Å². The van der Waals surface area contributed by atoms with E-state index in [2.05, 4.69) is 23.5 Å². The summed E-state index contributed by atoms with van der Waals surface area (Å²) in [5.74, 6) is 0. The fraction of sp³-hybridized carbons (Fsp3) is 0.333. The first-order valence-electron chi connectivity index (χ1n) is 3.92. The van der Waals surface area contributed by atoms with Gasteiger partial charge in [-0.25, -0.2) is 0 Å². The molecule has 2 nitrogen and oxygen atoms in total. The van der Waals surface area contributed by atoms with Crippen LogP contribution in [0.3, 0.4) is 0 Å². The maximum Gasteiger partial charge on any atom is 0.0425 e. The Morgan fingerprint density at radius 3 is 2.62 bits per heavy atom. The number of rotatable bonds is 0. The Morgan fingerprint density at radius 1 is 1.23 bits per heavy atom. The van der Waals surface area contributed by atoms with Gasteiger partial charge in [0, 0.05) is 19.1 Å². The maximum absolute atomic E-state index is 5.88. The Hall–Kier alpha value is -0.280. The lowest BCUT2D eigenvalue weighted by Crippen LogP contribution is -2.32. The van der Waals surface area contributed by atoms with Gasteiger partial charge in [0.25, 0.3) is 0 Å². The van der Waals surface area contributed by atoms with Gasteiger partial charge in [-0.2, -0.15) is 0 Å². The summed E-state index contributed by atoms with van der Waals surface area (Å²) in [5.41, 5.74) is 8.52. The first kappa shape index (κ1) is 12.7. The molecule has 1 unspecified atom stereocenters. The molecule has 0 fully saturated rings. The van der Waals surface area contributed by atoms with Crippen LogP contribution in [0, 0.1) is 0 Å². The van der Waals surface area contributed by atoms with Crippen LogP contribution in [-0.4, -0.2) is 6.54 Å². The van der Waals surface area contributed by atoms with E-state index in [-0.39, 0.29) is 30.9 Å². The van der Waals surface area contributed by atoms with Gasteiger partial charge in [0.15, 0.2) is 0 Å². The summed E-state index contributed by atoms with van der Waals surface area (Å²) >= 11 is 0. The van der Waals surface area contributed by atoms with Gasteiger partial charge in [-0.3, -0.25) is 0 Å². The zero-order valence-electron chi connectivity index (χ0n) is 7.19. The standard InChI is InChI=1S/C9H12N2.2ClH/c10-9-6-11-5-7-3-1-2-4-8(7)9;;/h1-4,9,11H,5-6,10H2;2*1H. The van der Waals surface area contributed by atoms with Crippen molar-refractivity contribution in [2.24, 2.45) is 5.73 Å². The average Bonchev–Trinajstić information content (AvgIpc) is 2.06. The summed E-state index contributed by atoms with van der Waals surface area (Å²) in [7, 11) is 0. The van der Waals surface area contributed by atoms with E-state index in [4.69, 9.17) is 5.73 Å². The number of halogens is 2. The SMILES string of the molecule is Cl.Cl.NC1CNCc2ccccc21. The summed E-state index contributed by atoms with van der Waals surface area (Å²) in [6.07, 6.45) is 0. The van der Waals surface area contributed by atoms with Crippen molar-refractivity contribution in [3.8, 4) is 0 Å². The van der Waals surface area contributed by atoms with Crippen LogP contribution < -0.4 is 11.1 Å². The molecule has 1 atom stereocenters. The zero-order chi connectivity index (χ0) is 7.68. The molecule has 2 rings (SSSR count). The lowest BCUT2D eigenvalue weighted by atomic mass is 9.98. The van der Waals surface area contributed by atoms with Crippen molar-refractivity contribution >= 4 is 24.8 Å². The van der Waals surface area contributed by atoms with Crippen LogP contribution in [0.4, 0.5) is 0 Å². The Morgan fingerprint density at radius 2 is 1.92 bits per heavy atom. The first-order valence-corrected chi connectivity index (χ1v) is 3.92. The minimum atomic E-state index is 0. The third-order valence-electron chi connectivity index (χ3n) is 2.13. The zero-order valence-corrected chi connectivity index (χ0v) is 8.83. The molecule has 0 spiro atoms. The number of hydrogen-bond acceptors (Lipinski definition) is 2. The van der Waals surface area contributed by atoms with Crippen LogP contribution in [0.1, 0.15) is 17.2 Å². The second-order valence-electron chi connectivity index (χ2n) is 2.94. The van der Waals surface area contributed by atoms with Crippen molar-refractivity contribution in [3.63, 3.8) is 0 Å². The van der Waals surface area contributed by atoms with Gasteiger partial charge in [-0.05, 0) is 11.1 Å². The van der Waals surface area contributed by atoms with E-state index in [1.54, 1.807) is 0 Å². The van der Waals surface area contributed by atoms with Crippen LogP contribution >= 0.6 is 24.8 Å². The van der Waals surface area contributed by atoms with Crippen molar-refractivity contribution in [1.29, 1.82) is 0 Å². The molecule has 4 heteroatoms. The first-order chi connectivity index (χ1) is 5.38. The summed E-state index contributed by atoms with van der Waals surface area (Å²) in [5, 5.41) is 3.27. The fourth-order valence-corrected chi connectivity index (χ4v) is 1.53. The highest BCUT2D eigenvalue weighted by atomic mass is 35.5. The van der Waals surface area contributed by atoms with Gasteiger partial charge in [0.2, 0.25) is 0 Å². The second-order valence-corrected chi connectivity index (χ2v) is 2.94. The Kier molecular flexibility index (Phi) is 5.33. The maximum atomic E-state index is 5.88. The Labute approximate surface area is 90.7 Å². The van der Waals surface area contributed by atoms with E-state index in [0.29, 0.717) is 0 Å². The molecule has 0 saturated carbocycles. The molecule has 1 aromatic rings. The predicted octanol–water partition coefficient (Wildman–Crippen LogP) is 1.63. The number of benzene rings is 1. The molecule has 74 valence electrons. The van der Waals surface area contributed by atoms with Gasteiger partial charge >= 0.3 is 0 Å². The summed E-state index contributed by atoms with van der Waals surface area (Å²) < 4.78 is 0. The normalized spacial score (nSPS) is 19.3. The number of nitrogens with one attached hydrogen (secondary N) is 1. The average molecular weight is 221 g/mol. The monoisotopic (exact) mass is 220 g/mol. The van der Waals surface area contributed by atoms with E-state index >= 15 is 0 Å². The molecular formula is C9H14Cl2N2. The summed E-state index contributed by atoms with van der Waals surface area (Å²) in [6, 6.07) is 8.52. The fourth-order valence-electron chi connectivity index (χ4n) is 1.53. The van der Waals surface area contributed by atoms with Crippen LogP contribution in [-0.2, 0) is 6.54 Å². The second kappa shape index (κ2) is 5.45. The largest absolute Gasteiger partial charge is 0.323 e. The molecule has 3 N–H and O–H groups in total. The van der Waals surface area contributed by atoms with E-state index in [1.807, 2.05) is 6.07 Å². The van der Waals surface area contributed by atoms with Crippen LogP contribution in [0.25, 0.3) is 0 Å². The molecule has 1 aromatic carbocycles. The number of fused-ring (bicyclic) bond motifs is 1. The molecule has 0 aliphatic carbocycles. The summed E-state index contributed by atoms with van der Waals surface area (Å²) in [6.45, 7) is 1.86. The van der Waals surface area contributed by atoms with Crippen LogP contribution in [0.2, 0.25) is 0 Å². The molecule has 0 radical (unpaired) electrons. The highest BCUT2D eigenvalue weighted by Gasteiger charge is 2.14. The molecule has 13 heavy (non-hydrogen) atoms. The van der Waals surface area contributed by atoms with Crippen LogP contribution in [0.15, 0.2) is 24.3 Å². The van der Waals surface area contributed by atoms with Crippen molar-refractivity contribution in [2.75, 3.05) is 6.54 Å². The third-order valence-corrected chi connectivity index (χ3v) is 2.13. The van der Waals surface area contributed by atoms with Gasteiger partial charge in [-0.15, -0.1) is 24.8 Å². The molecule has 1 heterocycles. The van der Waals surface area contributed by atoms with Gasteiger partial charge in [0.1, 0.15) is 0 Å². The van der Waals surface area contributed by atoms with Gasteiger partial charge in [-0.1, -0.05) is 24.3 Å². The quantitative estimate of drug-likeness (QED) is 0.698. The smallest absolute Gasteiger partial charge is 0.0425 e. The molecule has 1 aliphatic heterocycles. The molecular weight excluding hydrogens is 207 g/mol. The third kappa shape index (κ3) is 2.58. The predicted molar refractivity (Wildman–Crippen MR) is 59.6 cm³/mol. The summed E-state index contributed by atoms with van der Waals surface area (Å²) in [4.78, 5) is 0. The molecule has 0 bridgehead atoms. The van der Waals surface area contributed by atoms with E-state index in [1.165, 1.54) is 11.1 Å². The molecule has 0 saturated heterocycles. The van der Waals surface area contributed by atoms with Crippen LogP contribution in [0.5, 0.6) is 0 Å². The minimum Gasteiger partial charge on any atom is -0.323 e. The number of hydrogen-bond donors (Lipinski definition) is 2. The Balaban J connectivity index is 0.000000720. The molecule has 0 amide bonds. The molecule has 1 aliphatic rings. The highest BCUT2D eigenvalue weighted by molar-refractivity contribution is 5.85. The van der Waals surface area contributed by atoms with Gasteiger partial charge in [0.05, 0.1) is 0 Å². The highest BCUT2D eigenvalue weighted by Crippen LogP contribution is 2.18. The van der Waals surface area contributed by atoms with Crippen molar-refractivity contribution in [2.45, 2.75) is 12.6 Å². The van der Waals surface area contributed by atoms with E-state index in [0.717, 1.165) is 13.1 Å². The van der Waals surface area contributed by atoms with Gasteiger partial charge < -0.3 is 11.1 Å². The lowest BCUT2D eigenvalue weighted by Gasteiger charge is -2.22. The molecule has 0 aromatic heterocycles. The van der Waals surface area contributed by atoms with Crippen molar-refractivity contribution in [1.82, 2.24) is 5.32 Å².